The molecule has 4 rings (SSSR count). The molecule has 2 unspecified atom stereocenters. The van der Waals surface area contributed by atoms with Gasteiger partial charge in [-0.25, -0.2) is 9.78 Å². The van der Waals surface area contributed by atoms with Crippen LogP contribution in [0, 0.1) is 0 Å². The van der Waals surface area contributed by atoms with Gasteiger partial charge in [-0.05, 0) is 52.2 Å². The van der Waals surface area contributed by atoms with Gasteiger partial charge in [-0.1, -0.05) is 43.7 Å². The SMILES string of the molecule is CCCCOC(=O)N1CCN(C(=O)C(CCC(=O)OC(C)(C)C)NC(=O)c2cc(N3CCC(OC)C3)cc(-c3ccccc3)n2)CC1. The van der Waals surface area contributed by atoms with Gasteiger partial charge in [0.25, 0.3) is 5.91 Å². The predicted octanol–water partition coefficient (Wildman–Crippen LogP) is 4.27. The van der Waals surface area contributed by atoms with E-state index in [0.717, 1.165) is 37.1 Å². The maximum absolute atomic E-state index is 13.9. The number of amides is 3. The lowest BCUT2D eigenvalue weighted by Crippen LogP contribution is -2.56. The number of unbranched alkanes of at least 4 members (excludes halogenated alkanes) is 1. The molecule has 256 valence electrons. The van der Waals surface area contributed by atoms with Crippen LogP contribution in [0.4, 0.5) is 10.5 Å². The van der Waals surface area contributed by atoms with Gasteiger partial charge in [0.15, 0.2) is 0 Å². The highest BCUT2D eigenvalue weighted by atomic mass is 16.6. The van der Waals surface area contributed by atoms with E-state index in [1.165, 1.54) is 0 Å². The highest BCUT2D eigenvalue weighted by Gasteiger charge is 2.32. The summed E-state index contributed by atoms with van der Waals surface area (Å²) in [5.41, 5.74) is 1.80. The van der Waals surface area contributed by atoms with E-state index >= 15 is 0 Å². The van der Waals surface area contributed by atoms with E-state index in [-0.39, 0.29) is 43.6 Å². The van der Waals surface area contributed by atoms with Gasteiger partial charge in [-0.3, -0.25) is 14.4 Å². The Morgan fingerprint density at radius 3 is 2.34 bits per heavy atom. The molecule has 12 heteroatoms. The number of rotatable bonds is 12. The molecule has 1 aromatic heterocycles. The molecule has 2 atom stereocenters. The van der Waals surface area contributed by atoms with Crippen LogP contribution in [0.2, 0.25) is 0 Å². The van der Waals surface area contributed by atoms with Gasteiger partial charge >= 0.3 is 12.1 Å². The highest BCUT2D eigenvalue weighted by Crippen LogP contribution is 2.28. The Labute approximate surface area is 277 Å². The average Bonchev–Trinajstić information content (AvgIpc) is 3.55. The molecule has 0 saturated carbocycles. The molecule has 0 aliphatic carbocycles. The van der Waals surface area contributed by atoms with Gasteiger partial charge in [-0.2, -0.15) is 0 Å². The number of nitrogens with one attached hydrogen (secondary N) is 1. The van der Waals surface area contributed by atoms with Crippen molar-refractivity contribution in [2.45, 2.75) is 77.5 Å². The molecule has 1 aromatic carbocycles. The van der Waals surface area contributed by atoms with E-state index in [1.54, 1.807) is 43.7 Å². The molecule has 3 heterocycles. The number of piperazine rings is 1. The smallest absolute Gasteiger partial charge is 0.409 e. The summed E-state index contributed by atoms with van der Waals surface area (Å²) >= 11 is 0. The third-order valence-electron chi connectivity index (χ3n) is 8.19. The predicted molar refractivity (Wildman–Crippen MR) is 178 cm³/mol. The monoisotopic (exact) mass is 651 g/mol. The normalized spacial score (nSPS) is 17.3. The molecule has 12 nitrogen and oxygen atoms in total. The van der Waals surface area contributed by atoms with Crippen molar-refractivity contribution in [1.29, 1.82) is 0 Å². The second kappa shape index (κ2) is 16.6. The van der Waals surface area contributed by atoms with Gasteiger partial charge in [0.1, 0.15) is 17.3 Å². The topological polar surface area (TPSA) is 131 Å². The minimum absolute atomic E-state index is 0.0473. The zero-order chi connectivity index (χ0) is 34.0. The molecule has 2 aliphatic heterocycles. The Kier molecular flexibility index (Phi) is 12.6. The number of aromatic nitrogens is 1. The molecule has 3 amide bonds. The van der Waals surface area contributed by atoms with Crippen LogP contribution in [-0.4, -0.2) is 109 Å². The molecule has 0 bridgehead atoms. The van der Waals surface area contributed by atoms with Crippen LogP contribution in [0.1, 0.15) is 70.3 Å². The largest absolute Gasteiger partial charge is 0.460 e. The lowest BCUT2D eigenvalue weighted by atomic mass is 10.1. The number of esters is 1. The number of anilines is 1. The van der Waals surface area contributed by atoms with E-state index in [1.807, 2.05) is 43.3 Å². The van der Waals surface area contributed by atoms with Gasteiger partial charge in [0.05, 0.1) is 18.4 Å². The van der Waals surface area contributed by atoms with Crippen LogP contribution >= 0.6 is 0 Å². The third-order valence-corrected chi connectivity index (χ3v) is 8.19. The van der Waals surface area contributed by atoms with Crippen molar-refractivity contribution in [3.63, 3.8) is 0 Å². The summed E-state index contributed by atoms with van der Waals surface area (Å²) in [6, 6.07) is 12.3. The number of pyridine rings is 1. The number of nitrogens with zero attached hydrogens (tertiary/aromatic N) is 4. The van der Waals surface area contributed by atoms with Crippen LogP contribution in [-0.2, 0) is 23.8 Å². The highest BCUT2D eigenvalue weighted by molar-refractivity contribution is 5.97. The third kappa shape index (κ3) is 10.4. The molecule has 2 aliphatic rings. The van der Waals surface area contributed by atoms with Crippen LogP contribution < -0.4 is 10.2 Å². The first kappa shape index (κ1) is 35.7. The minimum Gasteiger partial charge on any atom is -0.460 e. The zero-order valence-corrected chi connectivity index (χ0v) is 28.3. The number of carbonyl (C=O) groups is 4. The van der Waals surface area contributed by atoms with Crippen LogP contribution in [0.5, 0.6) is 0 Å². The summed E-state index contributed by atoms with van der Waals surface area (Å²) in [5.74, 6) is -1.31. The van der Waals surface area contributed by atoms with E-state index in [4.69, 9.17) is 19.2 Å². The van der Waals surface area contributed by atoms with Gasteiger partial charge in [0, 0.05) is 64.0 Å². The second-order valence-corrected chi connectivity index (χ2v) is 13.0. The van der Waals surface area contributed by atoms with Gasteiger partial charge in [0.2, 0.25) is 5.91 Å². The fraction of sp³-hybridized carbons (Fsp3) is 0.571. The van der Waals surface area contributed by atoms with E-state index in [2.05, 4.69) is 10.2 Å². The molecule has 1 N–H and O–H groups in total. The van der Waals surface area contributed by atoms with Crippen molar-refractivity contribution < 1.29 is 33.4 Å². The molecular weight excluding hydrogens is 602 g/mol. The first-order valence-electron chi connectivity index (χ1n) is 16.6. The zero-order valence-electron chi connectivity index (χ0n) is 28.3. The van der Waals surface area contributed by atoms with Crippen molar-refractivity contribution in [3.8, 4) is 11.3 Å². The summed E-state index contributed by atoms with van der Waals surface area (Å²) in [5, 5.41) is 2.88. The number of ether oxygens (including phenoxy) is 3. The van der Waals surface area contributed by atoms with Crippen molar-refractivity contribution in [1.82, 2.24) is 20.1 Å². The van der Waals surface area contributed by atoms with Gasteiger partial charge in [-0.15, -0.1) is 0 Å². The van der Waals surface area contributed by atoms with Gasteiger partial charge < -0.3 is 34.2 Å². The lowest BCUT2D eigenvalue weighted by Gasteiger charge is -2.36. The lowest BCUT2D eigenvalue weighted by molar-refractivity contribution is -0.155. The maximum Gasteiger partial charge on any atom is 0.409 e. The Morgan fingerprint density at radius 1 is 1.00 bits per heavy atom. The van der Waals surface area contributed by atoms with Crippen LogP contribution in [0.25, 0.3) is 11.3 Å². The molecule has 2 saturated heterocycles. The fourth-order valence-corrected chi connectivity index (χ4v) is 5.60. The van der Waals surface area contributed by atoms with Crippen LogP contribution in [0.15, 0.2) is 42.5 Å². The summed E-state index contributed by atoms with van der Waals surface area (Å²) in [6.07, 6.45) is 2.26. The fourth-order valence-electron chi connectivity index (χ4n) is 5.60. The first-order valence-corrected chi connectivity index (χ1v) is 16.6. The standard InChI is InChI=1S/C35H49N5O7/c1-6-7-21-46-34(44)39-19-17-38(18-20-39)33(43)28(13-14-31(41)47-35(2,3)4)37-32(42)30-23-26(40-16-15-27(24-40)45-5)22-29(36-30)25-11-9-8-10-12-25/h8-12,22-23,27-28H,6-7,13-21,24H2,1-5H3,(H,37,42). The number of methoxy groups -OCH3 is 1. The number of benzene rings is 1. The minimum atomic E-state index is -1.01. The van der Waals surface area contributed by atoms with E-state index < -0.39 is 29.6 Å². The van der Waals surface area contributed by atoms with Crippen molar-refractivity contribution in [2.75, 3.05) is 57.9 Å². The summed E-state index contributed by atoms with van der Waals surface area (Å²) < 4.78 is 16.4. The summed E-state index contributed by atoms with van der Waals surface area (Å²) in [7, 11) is 1.70. The van der Waals surface area contributed by atoms with Crippen LogP contribution in [0.3, 0.4) is 0 Å². The second-order valence-electron chi connectivity index (χ2n) is 13.0. The Bertz CT molecular complexity index is 1370. The number of hydrogen-bond donors (Lipinski definition) is 1. The molecule has 2 aromatic rings. The first-order chi connectivity index (χ1) is 22.5. The Morgan fingerprint density at radius 2 is 1.70 bits per heavy atom. The van der Waals surface area contributed by atoms with Crippen molar-refractivity contribution in [3.05, 3.63) is 48.2 Å². The van der Waals surface area contributed by atoms with Crippen molar-refractivity contribution in [2.24, 2.45) is 0 Å². The Hall–Kier alpha value is -4.19. The summed E-state index contributed by atoms with van der Waals surface area (Å²) in [6.45, 7) is 10.4. The molecule has 0 radical (unpaired) electrons. The maximum atomic E-state index is 13.9. The molecule has 47 heavy (non-hydrogen) atoms. The summed E-state index contributed by atoms with van der Waals surface area (Å²) in [4.78, 5) is 62.9. The number of carbonyl (C=O) groups excluding carboxylic acids is 4. The van der Waals surface area contributed by atoms with E-state index in [0.29, 0.717) is 31.9 Å². The molecule has 0 spiro atoms. The Balaban J connectivity index is 1.53. The molecular formula is C35H49N5O7. The van der Waals surface area contributed by atoms with Crippen molar-refractivity contribution >= 4 is 29.6 Å². The molecule has 2 fully saturated rings. The quantitative estimate of drug-likeness (QED) is 0.264. The van der Waals surface area contributed by atoms with E-state index in [9.17, 15) is 19.2 Å². The average molecular weight is 652 g/mol. The number of hydrogen-bond acceptors (Lipinski definition) is 9.